The molecule has 0 aliphatic heterocycles. The molecule has 1 aromatic rings. The fourth-order valence-corrected chi connectivity index (χ4v) is 3.32. The molecule has 1 atom stereocenters. The summed E-state index contributed by atoms with van der Waals surface area (Å²) in [5, 5.41) is 0. The lowest BCUT2D eigenvalue weighted by molar-refractivity contribution is -0.117. The monoisotopic (exact) mass is 366 g/mol. The molecular formula is C26H38O. The highest BCUT2D eigenvalue weighted by atomic mass is 16.1. The van der Waals surface area contributed by atoms with Gasteiger partial charge in [-0.05, 0) is 49.1 Å². The second-order valence-electron chi connectivity index (χ2n) is 8.73. The van der Waals surface area contributed by atoms with Crippen molar-refractivity contribution in [1.82, 2.24) is 0 Å². The van der Waals surface area contributed by atoms with Crippen molar-refractivity contribution in [1.29, 1.82) is 0 Å². The zero-order chi connectivity index (χ0) is 20.6. The van der Waals surface area contributed by atoms with Crippen LogP contribution in [0.3, 0.4) is 0 Å². The lowest BCUT2D eigenvalue weighted by Gasteiger charge is -2.24. The molecule has 0 radical (unpaired) electrons. The third kappa shape index (κ3) is 7.33. The molecule has 0 heterocycles. The smallest absolute Gasteiger partial charge is 0.170 e. The van der Waals surface area contributed by atoms with E-state index in [1.807, 2.05) is 32.1 Å². The highest BCUT2D eigenvalue weighted by molar-refractivity contribution is 6.03. The summed E-state index contributed by atoms with van der Waals surface area (Å²) < 4.78 is 0. The third-order valence-corrected chi connectivity index (χ3v) is 4.69. The lowest BCUT2D eigenvalue weighted by Crippen LogP contribution is -2.19. The molecule has 0 aliphatic carbocycles. The van der Waals surface area contributed by atoms with Crippen LogP contribution in [-0.4, -0.2) is 5.78 Å². The van der Waals surface area contributed by atoms with E-state index in [1.165, 1.54) is 11.1 Å². The maximum absolute atomic E-state index is 13.6. The average Bonchev–Trinajstić information content (AvgIpc) is 2.58. The van der Waals surface area contributed by atoms with Gasteiger partial charge >= 0.3 is 0 Å². The van der Waals surface area contributed by atoms with Crippen LogP contribution in [-0.2, 0) is 4.79 Å². The van der Waals surface area contributed by atoms with Gasteiger partial charge < -0.3 is 0 Å². The molecule has 1 aromatic carbocycles. The van der Waals surface area contributed by atoms with Crippen molar-refractivity contribution < 1.29 is 4.79 Å². The van der Waals surface area contributed by atoms with Crippen LogP contribution in [0.15, 0.2) is 59.7 Å². The minimum absolute atomic E-state index is 0.0905. The first-order chi connectivity index (χ1) is 12.6. The first-order valence-corrected chi connectivity index (χ1v) is 10.3. The summed E-state index contributed by atoms with van der Waals surface area (Å²) in [4.78, 5) is 13.6. The summed E-state index contributed by atoms with van der Waals surface area (Å²) in [6.45, 7) is 17.2. The molecule has 1 heteroatoms. The van der Waals surface area contributed by atoms with E-state index in [0.29, 0.717) is 17.8 Å². The molecule has 27 heavy (non-hydrogen) atoms. The number of hydrogen-bond donors (Lipinski definition) is 0. The summed E-state index contributed by atoms with van der Waals surface area (Å²) in [5.41, 5.74) is 4.39. The van der Waals surface area contributed by atoms with Gasteiger partial charge in [-0.25, -0.2) is 0 Å². The van der Waals surface area contributed by atoms with Crippen LogP contribution in [0.2, 0.25) is 0 Å². The summed E-state index contributed by atoms with van der Waals surface area (Å²) in [7, 11) is 0. The van der Waals surface area contributed by atoms with Crippen LogP contribution in [0.4, 0.5) is 0 Å². The van der Waals surface area contributed by atoms with Crippen molar-refractivity contribution in [3.05, 3.63) is 70.8 Å². The van der Waals surface area contributed by atoms with E-state index >= 15 is 0 Å². The van der Waals surface area contributed by atoms with E-state index in [4.69, 9.17) is 0 Å². The quantitative estimate of drug-likeness (QED) is 0.324. The number of carbonyl (C=O) groups excluding carboxylic acids is 1. The summed E-state index contributed by atoms with van der Waals surface area (Å²) in [5.74, 6) is 1.52. The Morgan fingerprint density at radius 2 is 1.52 bits per heavy atom. The van der Waals surface area contributed by atoms with Gasteiger partial charge in [-0.2, -0.15) is 0 Å². The fraction of sp³-hybridized carbons (Fsp3) is 0.500. The molecule has 0 bridgehead atoms. The standard InChI is InChI=1S/C26H38O/c1-18(2)13-9-10-15-23(21(7)8)26(27)25(17-19(3)4)24-16-12-11-14-22(24)20(5)6/h9-16,18-20,25H,17H2,1-8H3/b13-9-,15-10-. The Morgan fingerprint density at radius 3 is 2.00 bits per heavy atom. The van der Waals surface area contributed by atoms with Crippen molar-refractivity contribution in [3.63, 3.8) is 0 Å². The molecule has 148 valence electrons. The van der Waals surface area contributed by atoms with E-state index in [-0.39, 0.29) is 11.7 Å². The van der Waals surface area contributed by atoms with Gasteiger partial charge in [-0.1, -0.05) is 95.7 Å². The molecule has 1 nitrogen and oxygen atoms in total. The maximum atomic E-state index is 13.6. The predicted molar refractivity (Wildman–Crippen MR) is 119 cm³/mol. The number of allylic oxidation sites excluding steroid dienone is 6. The maximum Gasteiger partial charge on any atom is 0.170 e. The summed E-state index contributed by atoms with van der Waals surface area (Å²) in [6, 6.07) is 8.45. The first-order valence-electron chi connectivity index (χ1n) is 10.3. The van der Waals surface area contributed by atoms with Crippen LogP contribution in [0.1, 0.15) is 84.8 Å². The summed E-state index contributed by atoms with van der Waals surface area (Å²) in [6.07, 6.45) is 9.04. The van der Waals surface area contributed by atoms with Gasteiger partial charge in [0.2, 0.25) is 0 Å². The Morgan fingerprint density at radius 1 is 0.926 bits per heavy atom. The van der Waals surface area contributed by atoms with Crippen LogP contribution in [0, 0.1) is 11.8 Å². The van der Waals surface area contributed by atoms with E-state index in [9.17, 15) is 4.79 Å². The highest BCUT2D eigenvalue weighted by Gasteiger charge is 2.26. The largest absolute Gasteiger partial charge is 0.293 e. The molecule has 0 saturated heterocycles. The number of benzene rings is 1. The Hall–Kier alpha value is -1.89. The number of ketones is 1. The molecule has 0 aliphatic rings. The van der Waals surface area contributed by atoms with Crippen molar-refractivity contribution in [3.8, 4) is 0 Å². The van der Waals surface area contributed by atoms with Crippen molar-refractivity contribution in [2.75, 3.05) is 0 Å². The number of Topliss-reactive ketones (excluding diaryl/α,β-unsaturated/α-hetero) is 1. The first kappa shape index (κ1) is 23.1. The summed E-state index contributed by atoms with van der Waals surface area (Å²) >= 11 is 0. The van der Waals surface area contributed by atoms with Gasteiger partial charge in [-0.3, -0.25) is 4.79 Å². The molecule has 0 spiro atoms. The highest BCUT2D eigenvalue weighted by Crippen LogP contribution is 2.34. The van der Waals surface area contributed by atoms with Crippen LogP contribution >= 0.6 is 0 Å². The molecule has 0 N–H and O–H groups in total. The minimum Gasteiger partial charge on any atom is -0.293 e. The zero-order valence-corrected chi connectivity index (χ0v) is 18.5. The average molecular weight is 367 g/mol. The minimum atomic E-state index is -0.0905. The second kappa shape index (κ2) is 11.1. The van der Waals surface area contributed by atoms with Gasteiger partial charge in [0.05, 0.1) is 0 Å². The van der Waals surface area contributed by atoms with Crippen LogP contribution < -0.4 is 0 Å². The van der Waals surface area contributed by atoms with E-state index < -0.39 is 0 Å². The molecule has 0 aromatic heterocycles. The third-order valence-electron chi connectivity index (χ3n) is 4.69. The number of hydrogen-bond acceptors (Lipinski definition) is 1. The predicted octanol–water partition coefficient (Wildman–Crippen LogP) is 7.61. The molecule has 0 fully saturated rings. The molecule has 1 rings (SSSR count). The fourth-order valence-electron chi connectivity index (χ4n) is 3.32. The van der Waals surface area contributed by atoms with Crippen LogP contribution in [0.5, 0.6) is 0 Å². The number of rotatable bonds is 9. The lowest BCUT2D eigenvalue weighted by atomic mass is 9.79. The zero-order valence-electron chi connectivity index (χ0n) is 18.5. The van der Waals surface area contributed by atoms with Crippen molar-refractivity contribution in [2.45, 2.75) is 73.6 Å². The second-order valence-corrected chi connectivity index (χ2v) is 8.73. The Balaban J connectivity index is 3.34. The van der Waals surface area contributed by atoms with Gasteiger partial charge in [-0.15, -0.1) is 0 Å². The molecule has 1 unspecified atom stereocenters. The Kier molecular flexibility index (Phi) is 9.49. The van der Waals surface area contributed by atoms with Gasteiger partial charge in [0.25, 0.3) is 0 Å². The SMILES string of the molecule is CC(C)=C(/C=C\C=C/C(C)C)C(=O)C(CC(C)C)c1ccccc1C(C)C. The molecule has 0 amide bonds. The molecular weight excluding hydrogens is 328 g/mol. The Labute approximate surface area is 167 Å². The van der Waals surface area contributed by atoms with E-state index in [0.717, 1.165) is 17.6 Å². The van der Waals surface area contributed by atoms with E-state index in [1.54, 1.807) is 0 Å². The van der Waals surface area contributed by atoms with Gasteiger partial charge in [0.15, 0.2) is 5.78 Å². The van der Waals surface area contributed by atoms with Crippen molar-refractivity contribution >= 4 is 5.78 Å². The normalized spacial score (nSPS) is 13.3. The number of carbonyl (C=O) groups is 1. The van der Waals surface area contributed by atoms with Gasteiger partial charge in [0, 0.05) is 11.5 Å². The van der Waals surface area contributed by atoms with Gasteiger partial charge in [0.1, 0.15) is 0 Å². The van der Waals surface area contributed by atoms with Crippen LogP contribution in [0.25, 0.3) is 0 Å². The van der Waals surface area contributed by atoms with E-state index in [2.05, 4.69) is 71.9 Å². The van der Waals surface area contributed by atoms with Crippen molar-refractivity contribution in [2.24, 2.45) is 11.8 Å². The Bertz CT molecular complexity index is 695. The topological polar surface area (TPSA) is 17.1 Å². The molecule has 0 saturated carbocycles.